The molecule has 9 heteroatoms. The maximum atomic E-state index is 13.5. The number of aryl methyl sites for hydroxylation is 1. The van der Waals surface area contributed by atoms with Crippen molar-refractivity contribution in [2.45, 2.75) is 25.9 Å². The van der Waals surface area contributed by atoms with Gasteiger partial charge in [0, 0.05) is 6.61 Å². The lowest BCUT2D eigenvalue weighted by Gasteiger charge is -2.28. The van der Waals surface area contributed by atoms with E-state index in [0.717, 1.165) is 34.9 Å². The van der Waals surface area contributed by atoms with E-state index in [-0.39, 0.29) is 18.6 Å². The first kappa shape index (κ1) is 21.7. The van der Waals surface area contributed by atoms with Crippen LogP contribution in [-0.4, -0.2) is 51.4 Å². The number of anilines is 2. The van der Waals surface area contributed by atoms with E-state index in [2.05, 4.69) is 4.98 Å². The molecule has 0 N–H and O–H groups in total. The van der Waals surface area contributed by atoms with Crippen molar-refractivity contribution in [2.75, 3.05) is 35.2 Å². The van der Waals surface area contributed by atoms with Gasteiger partial charge < -0.3 is 4.74 Å². The Hall–Kier alpha value is -2.49. The van der Waals surface area contributed by atoms with Gasteiger partial charge in [-0.2, -0.15) is 0 Å². The molecule has 1 aliphatic heterocycles. The zero-order chi connectivity index (χ0) is 22.0. The van der Waals surface area contributed by atoms with Gasteiger partial charge in [-0.05, 0) is 43.5 Å². The minimum atomic E-state index is -3.67. The van der Waals surface area contributed by atoms with Crippen LogP contribution in [0.25, 0.3) is 10.2 Å². The average Bonchev–Trinajstić information content (AvgIpc) is 3.39. The molecule has 1 aliphatic rings. The standard InChI is InChI=1S/C22H25N3O4S2/c1-16-8-3-5-11-19(16)25(31(2,27)28)15-21(26)24(14-17-9-7-13-29-17)22-23-18-10-4-6-12-20(18)30-22/h3-6,8,10-12,17H,7,9,13-15H2,1-2H3. The van der Waals surface area contributed by atoms with Crippen molar-refractivity contribution in [3.63, 3.8) is 0 Å². The second-order valence-electron chi connectivity index (χ2n) is 7.66. The number of nitrogens with zero attached hydrogens (tertiary/aromatic N) is 3. The number of ether oxygens (including phenoxy) is 1. The van der Waals surface area contributed by atoms with Crippen LogP contribution in [0.1, 0.15) is 18.4 Å². The lowest BCUT2D eigenvalue weighted by atomic mass is 10.2. The molecule has 1 fully saturated rings. The molecule has 0 saturated carbocycles. The summed E-state index contributed by atoms with van der Waals surface area (Å²) in [5, 5.41) is 0.555. The number of carbonyl (C=O) groups is 1. The van der Waals surface area contributed by atoms with Crippen molar-refractivity contribution in [2.24, 2.45) is 0 Å². The van der Waals surface area contributed by atoms with Gasteiger partial charge in [0.15, 0.2) is 5.13 Å². The van der Waals surface area contributed by atoms with Gasteiger partial charge in [-0.3, -0.25) is 14.0 Å². The number of benzene rings is 2. The molecule has 1 saturated heterocycles. The summed E-state index contributed by atoms with van der Waals surface area (Å²) in [6, 6.07) is 14.8. The Bertz CT molecular complexity index is 1150. The molecule has 4 rings (SSSR count). The van der Waals surface area contributed by atoms with Gasteiger partial charge in [0.2, 0.25) is 15.9 Å². The van der Waals surface area contributed by atoms with Crippen LogP contribution in [0, 0.1) is 6.92 Å². The van der Waals surface area contributed by atoms with E-state index in [4.69, 9.17) is 4.74 Å². The summed E-state index contributed by atoms with van der Waals surface area (Å²) in [7, 11) is -3.67. The first-order chi connectivity index (χ1) is 14.8. The number of hydrogen-bond acceptors (Lipinski definition) is 6. The summed E-state index contributed by atoms with van der Waals surface area (Å²) in [6.07, 6.45) is 2.85. The molecule has 1 unspecified atom stereocenters. The van der Waals surface area contributed by atoms with Crippen molar-refractivity contribution in [3.8, 4) is 0 Å². The minimum Gasteiger partial charge on any atom is -0.376 e. The Morgan fingerprint density at radius 1 is 1.19 bits per heavy atom. The highest BCUT2D eigenvalue weighted by molar-refractivity contribution is 7.92. The zero-order valence-electron chi connectivity index (χ0n) is 17.5. The SMILES string of the molecule is Cc1ccccc1N(CC(=O)N(CC1CCCO1)c1nc2ccccc2s1)S(C)(=O)=O. The number of thiazole rings is 1. The van der Waals surface area contributed by atoms with E-state index < -0.39 is 10.0 Å². The molecular formula is C22H25N3O4S2. The number of para-hydroxylation sites is 2. The third kappa shape index (κ3) is 4.89. The normalized spacial score (nSPS) is 16.5. The second kappa shape index (κ2) is 8.94. The highest BCUT2D eigenvalue weighted by atomic mass is 32.2. The number of amides is 1. The van der Waals surface area contributed by atoms with Crippen molar-refractivity contribution in [1.29, 1.82) is 0 Å². The monoisotopic (exact) mass is 459 g/mol. The molecule has 1 amide bonds. The molecule has 0 bridgehead atoms. The minimum absolute atomic E-state index is 0.0823. The number of carbonyl (C=O) groups excluding carboxylic acids is 1. The van der Waals surface area contributed by atoms with E-state index >= 15 is 0 Å². The second-order valence-corrected chi connectivity index (χ2v) is 10.6. The Labute approximate surface area is 186 Å². The fourth-order valence-corrected chi connectivity index (χ4v) is 5.59. The number of aromatic nitrogens is 1. The van der Waals surface area contributed by atoms with Gasteiger partial charge in [-0.1, -0.05) is 41.7 Å². The maximum Gasteiger partial charge on any atom is 0.249 e. The molecule has 0 spiro atoms. The predicted molar refractivity (Wildman–Crippen MR) is 124 cm³/mol. The predicted octanol–water partition coefficient (Wildman–Crippen LogP) is 3.58. The van der Waals surface area contributed by atoms with Crippen LogP contribution in [0.5, 0.6) is 0 Å². The van der Waals surface area contributed by atoms with Crippen LogP contribution in [0.4, 0.5) is 10.8 Å². The van der Waals surface area contributed by atoms with E-state index in [1.807, 2.05) is 43.3 Å². The first-order valence-corrected chi connectivity index (χ1v) is 12.8. The van der Waals surface area contributed by atoms with Gasteiger partial charge >= 0.3 is 0 Å². The van der Waals surface area contributed by atoms with Gasteiger partial charge in [0.05, 0.1) is 34.8 Å². The van der Waals surface area contributed by atoms with Crippen LogP contribution in [0.3, 0.4) is 0 Å². The molecule has 0 aliphatic carbocycles. The molecule has 7 nitrogen and oxygen atoms in total. The summed E-state index contributed by atoms with van der Waals surface area (Å²) in [5.41, 5.74) is 2.10. The molecule has 1 aromatic heterocycles. The molecule has 1 atom stereocenters. The lowest BCUT2D eigenvalue weighted by molar-refractivity contribution is -0.117. The molecule has 3 aromatic rings. The summed E-state index contributed by atoms with van der Waals surface area (Å²) < 4.78 is 33.1. The van der Waals surface area contributed by atoms with Crippen LogP contribution in [0.2, 0.25) is 0 Å². The molecule has 0 radical (unpaired) electrons. The molecule has 2 heterocycles. The van der Waals surface area contributed by atoms with Crippen molar-refractivity contribution < 1.29 is 17.9 Å². The molecule has 31 heavy (non-hydrogen) atoms. The highest BCUT2D eigenvalue weighted by Gasteiger charge is 2.30. The Morgan fingerprint density at radius 3 is 2.61 bits per heavy atom. The number of fused-ring (bicyclic) bond motifs is 1. The van der Waals surface area contributed by atoms with E-state index in [1.165, 1.54) is 15.6 Å². The van der Waals surface area contributed by atoms with Crippen LogP contribution in [-0.2, 0) is 19.6 Å². The largest absolute Gasteiger partial charge is 0.376 e. The van der Waals surface area contributed by atoms with Crippen molar-refractivity contribution in [3.05, 3.63) is 54.1 Å². The first-order valence-electron chi connectivity index (χ1n) is 10.1. The molecule has 2 aromatic carbocycles. The van der Waals surface area contributed by atoms with Gasteiger partial charge in [-0.15, -0.1) is 0 Å². The quantitative estimate of drug-likeness (QED) is 0.540. The van der Waals surface area contributed by atoms with Crippen LogP contribution >= 0.6 is 11.3 Å². The van der Waals surface area contributed by atoms with Gasteiger partial charge in [0.25, 0.3) is 0 Å². The number of rotatable bonds is 7. The Balaban J connectivity index is 1.67. The van der Waals surface area contributed by atoms with Crippen molar-refractivity contribution in [1.82, 2.24) is 4.98 Å². The maximum absolute atomic E-state index is 13.5. The van der Waals surface area contributed by atoms with Gasteiger partial charge in [0.1, 0.15) is 6.54 Å². The zero-order valence-corrected chi connectivity index (χ0v) is 19.2. The van der Waals surface area contributed by atoms with Gasteiger partial charge in [-0.25, -0.2) is 13.4 Å². The topological polar surface area (TPSA) is 79.8 Å². The van der Waals surface area contributed by atoms with E-state index in [1.54, 1.807) is 17.0 Å². The fourth-order valence-electron chi connectivity index (χ4n) is 3.69. The average molecular weight is 460 g/mol. The lowest BCUT2D eigenvalue weighted by Crippen LogP contribution is -2.45. The fraction of sp³-hybridized carbons (Fsp3) is 0.364. The summed E-state index contributed by atoms with van der Waals surface area (Å²) in [5.74, 6) is -0.330. The third-order valence-corrected chi connectivity index (χ3v) is 7.47. The van der Waals surface area contributed by atoms with Crippen molar-refractivity contribution >= 4 is 48.3 Å². The number of sulfonamides is 1. The highest BCUT2D eigenvalue weighted by Crippen LogP contribution is 2.30. The van der Waals surface area contributed by atoms with Crippen LogP contribution in [0.15, 0.2) is 48.5 Å². The van der Waals surface area contributed by atoms with E-state index in [9.17, 15) is 13.2 Å². The number of hydrogen-bond donors (Lipinski definition) is 0. The summed E-state index contributed by atoms with van der Waals surface area (Å²) in [4.78, 5) is 19.7. The smallest absolute Gasteiger partial charge is 0.249 e. The molecule has 164 valence electrons. The van der Waals surface area contributed by atoms with Crippen LogP contribution < -0.4 is 9.21 Å². The Kier molecular flexibility index (Phi) is 6.27. The third-order valence-electron chi connectivity index (χ3n) is 5.29. The summed E-state index contributed by atoms with van der Waals surface area (Å²) in [6.45, 7) is 2.55. The molecular weight excluding hydrogens is 434 g/mol. The summed E-state index contributed by atoms with van der Waals surface area (Å²) >= 11 is 1.42. The Morgan fingerprint density at radius 2 is 1.94 bits per heavy atom. The van der Waals surface area contributed by atoms with E-state index in [0.29, 0.717) is 24.0 Å².